The van der Waals surface area contributed by atoms with Gasteiger partial charge < -0.3 is 70.4 Å². The summed E-state index contributed by atoms with van der Waals surface area (Å²) in [6, 6.07) is 12.5. The second kappa shape index (κ2) is 22.5. The number of nitrogens with zero attached hydrogens (tertiary/aromatic N) is 2. The van der Waals surface area contributed by atoms with Crippen molar-refractivity contribution in [3.63, 3.8) is 0 Å². The molecule has 48 heavy (non-hydrogen) atoms. The minimum absolute atomic E-state index is 0.0867. The molecule has 16 nitrogen and oxygen atoms in total. The number of phenolic OH excluding ortho intramolecular Hbond substituents is 2. The standard InChI is InChI=1S/2C16H25N3O5/c2*20-13-1-3-15(4-2-13)24-12-14(21)11-17-5-6-18-16(22)19-7-9-23-10-8-19/h2*1-4,14,17,20-21H,5-12H2,(H,18,22). The fraction of sp³-hybridized carbons (Fsp3) is 0.562. The first-order chi connectivity index (χ1) is 23.3. The molecule has 2 saturated heterocycles. The van der Waals surface area contributed by atoms with E-state index in [2.05, 4.69) is 21.3 Å². The number of hydrogen-bond acceptors (Lipinski definition) is 12. The highest BCUT2D eigenvalue weighted by Gasteiger charge is 2.17. The first kappa shape index (κ1) is 38.4. The first-order valence-corrected chi connectivity index (χ1v) is 16.1. The number of benzene rings is 2. The molecule has 2 heterocycles. The Morgan fingerprint density at radius 3 is 1.33 bits per heavy atom. The number of aliphatic hydroxyl groups excluding tert-OH is 2. The topological polar surface area (TPSA) is 207 Å². The Kier molecular flexibility index (Phi) is 18.0. The molecule has 0 radical (unpaired) electrons. The van der Waals surface area contributed by atoms with Gasteiger partial charge in [-0.15, -0.1) is 0 Å². The van der Waals surface area contributed by atoms with Crippen molar-refractivity contribution in [3.8, 4) is 23.0 Å². The molecule has 16 heteroatoms. The van der Waals surface area contributed by atoms with Gasteiger partial charge in [0.2, 0.25) is 0 Å². The third-order valence-corrected chi connectivity index (χ3v) is 7.07. The van der Waals surface area contributed by atoms with Crippen LogP contribution in [-0.4, -0.2) is 160 Å². The molecule has 4 amide bonds. The number of aromatic hydroxyl groups is 2. The van der Waals surface area contributed by atoms with Crippen LogP contribution in [0.4, 0.5) is 9.59 Å². The van der Waals surface area contributed by atoms with E-state index in [9.17, 15) is 19.8 Å². The zero-order valence-electron chi connectivity index (χ0n) is 27.2. The maximum absolute atomic E-state index is 11.8. The van der Waals surface area contributed by atoms with Crippen LogP contribution in [0.1, 0.15) is 0 Å². The number of hydrogen-bond donors (Lipinski definition) is 8. The van der Waals surface area contributed by atoms with E-state index < -0.39 is 12.2 Å². The van der Waals surface area contributed by atoms with Crippen LogP contribution in [-0.2, 0) is 9.47 Å². The Hall–Kier alpha value is -4.06. The molecule has 2 aromatic rings. The summed E-state index contributed by atoms with van der Waals surface area (Å²) in [6.07, 6.45) is -1.32. The predicted molar refractivity (Wildman–Crippen MR) is 177 cm³/mol. The quantitative estimate of drug-likeness (QED) is 0.106. The molecule has 2 aliphatic heterocycles. The summed E-state index contributed by atoms with van der Waals surface area (Å²) >= 11 is 0. The minimum atomic E-state index is -0.659. The van der Waals surface area contributed by atoms with E-state index >= 15 is 0 Å². The monoisotopic (exact) mass is 678 g/mol. The van der Waals surface area contributed by atoms with Crippen LogP contribution in [0, 0.1) is 0 Å². The Morgan fingerprint density at radius 2 is 0.979 bits per heavy atom. The average Bonchev–Trinajstić information content (AvgIpc) is 3.11. The fourth-order valence-electron chi connectivity index (χ4n) is 4.40. The van der Waals surface area contributed by atoms with Crippen molar-refractivity contribution < 1.29 is 49.0 Å². The number of urea groups is 2. The summed E-state index contributed by atoms with van der Waals surface area (Å²) in [4.78, 5) is 27.1. The fourth-order valence-corrected chi connectivity index (χ4v) is 4.40. The molecular formula is C32H50N6O10. The number of ether oxygens (including phenoxy) is 4. The van der Waals surface area contributed by atoms with Crippen LogP contribution in [0.5, 0.6) is 23.0 Å². The van der Waals surface area contributed by atoms with Crippen LogP contribution in [0.3, 0.4) is 0 Å². The number of morpholine rings is 2. The van der Waals surface area contributed by atoms with Crippen molar-refractivity contribution in [3.05, 3.63) is 48.5 Å². The number of carbonyl (C=O) groups is 2. The van der Waals surface area contributed by atoms with Crippen molar-refractivity contribution in [1.82, 2.24) is 31.1 Å². The number of rotatable bonds is 16. The molecule has 0 aliphatic carbocycles. The van der Waals surface area contributed by atoms with Gasteiger partial charge in [-0.25, -0.2) is 9.59 Å². The largest absolute Gasteiger partial charge is 0.508 e. The number of aliphatic hydroxyl groups is 2. The highest BCUT2D eigenvalue weighted by molar-refractivity contribution is 5.74. The lowest BCUT2D eigenvalue weighted by Crippen LogP contribution is -2.47. The molecule has 0 saturated carbocycles. The lowest BCUT2D eigenvalue weighted by molar-refractivity contribution is 0.0532. The normalized spacial score (nSPS) is 15.8. The molecule has 2 unspecified atom stereocenters. The molecule has 0 aromatic heterocycles. The predicted octanol–water partition coefficient (Wildman–Crippen LogP) is -0.473. The van der Waals surface area contributed by atoms with E-state index in [0.29, 0.717) is 103 Å². The molecule has 2 aliphatic rings. The van der Waals surface area contributed by atoms with Crippen molar-refractivity contribution in [2.24, 2.45) is 0 Å². The first-order valence-electron chi connectivity index (χ1n) is 16.1. The molecular weight excluding hydrogens is 628 g/mol. The lowest BCUT2D eigenvalue weighted by Gasteiger charge is -2.27. The van der Waals surface area contributed by atoms with Crippen LogP contribution in [0.25, 0.3) is 0 Å². The number of nitrogens with one attached hydrogen (secondary N) is 4. The van der Waals surface area contributed by atoms with E-state index in [1.165, 1.54) is 24.3 Å². The highest BCUT2D eigenvalue weighted by atomic mass is 16.5. The maximum atomic E-state index is 11.8. The second-order valence-electron chi connectivity index (χ2n) is 11.0. The van der Waals surface area contributed by atoms with Gasteiger partial charge >= 0.3 is 12.1 Å². The van der Waals surface area contributed by atoms with Gasteiger partial charge in [-0.2, -0.15) is 0 Å². The summed E-state index contributed by atoms with van der Waals surface area (Å²) in [5.41, 5.74) is 0. The summed E-state index contributed by atoms with van der Waals surface area (Å²) in [7, 11) is 0. The second-order valence-corrected chi connectivity index (χ2v) is 11.0. The zero-order chi connectivity index (χ0) is 34.4. The smallest absolute Gasteiger partial charge is 0.317 e. The molecule has 0 spiro atoms. The average molecular weight is 679 g/mol. The van der Waals surface area contributed by atoms with E-state index in [4.69, 9.17) is 29.2 Å². The summed E-state index contributed by atoms with van der Waals surface area (Å²) < 4.78 is 21.2. The summed E-state index contributed by atoms with van der Waals surface area (Å²) in [5, 5.41) is 49.8. The molecule has 2 atom stereocenters. The molecule has 268 valence electrons. The van der Waals surface area contributed by atoms with Gasteiger partial charge in [0.25, 0.3) is 0 Å². The van der Waals surface area contributed by atoms with E-state index in [1.807, 2.05) is 0 Å². The van der Waals surface area contributed by atoms with Gasteiger partial charge in [0.15, 0.2) is 0 Å². The van der Waals surface area contributed by atoms with E-state index in [-0.39, 0.29) is 36.8 Å². The van der Waals surface area contributed by atoms with Crippen molar-refractivity contribution in [2.45, 2.75) is 12.2 Å². The molecule has 2 fully saturated rings. The van der Waals surface area contributed by atoms with Crippen molar-refractivity contribution in [1.29, 1.82) is 0 Å². The van der Waals surface area contributed by atoms with Crippen LogP contribution in [0.15, 0.2) is 48.5 Å². The van der Waals surface area contributed by atoms with E-state index in [0.717, 1.165) is 0 Å². The van der Waals surface area contributed by atoms with Crippen LogP contribution < -0.4 is 30.7 Å². The third kappa shape index (κ3) is 16.2. The Morgan fingerprint density at radius 1 is 0.625 bits per heavy atom. The Bertz CT molecular complexity index is 1070. The highest BCUT2D eigenvalue weighted by Crippen LogP contribution is 2.16. The molecule has 8 N–H and O–H groups in total. The van der Waals surface area contributed by atoms with E-state index in [1.54, 1.807) is 34.1 Å². The number of phenols is 2. The SMILES string of the molecule is O=C(NCCNCC(O)COc1ccc(O)cc1)N1CCOCC1.O=C(NCCNCC(O)COc1ccc(O)cc1)N1CCOCC1. The molecule has 2 aromatic carbocycles. The van der Waals surface area contributed by atoms with Gasteiger partial charge in [-0.3, -0.25) is 0 Å². The number of carbonyl (C=O) groups excluding carboxylic acids is 2. The van der Waals surface area contributed by atoms with Gasteiger partial charge in [-0.1, -0.05) is 0 Å². The zero-order valence-corrected chi connectivity index (χ0v) is 27.2. The molecule has 0 bridgehead atoms. The van der Waals surface area contributed by atoms with Crippen molar-refractivity contribution >= 4 is 12.1 Å². The van der Waals surface area contributed by atoms with Gasteiger partial charge in [0.1, 0.15) is 48.4 Å². The summed E-state index contributed by atoms with van der Waals surface area (Å²) in [6.45, 7) is 7.93. The Labute approximate surface area is 280 Å². The van der Waals surface area contributed by atoms with Crippen molar-refractivity contribution in [2.75, 3.05) is 105 Å². The summed E-state index contributed by atoms with van der Waals surface area (Å²) in [5.74, 6) is 1.52. The molecule has 4 rings (SSSR count). The van der Waals surface area contributed by atoms with Gasteiger partial charge in [0.05, 0.1) is 26.4 Å². The maximum Gasteiger partial charge on any atom is 0.317 e. The minimum Gasteiger partial charge on any atom is -0.508 e. The van der Waals surface area contributed by atoms with Crippen LogP contribution >= 0.6 is 0 Å². The lowest BCUT2D eigenvalue weighted by atomic mass is 10.3. The van der Waals surface area contributed by atoms with Gasteiger partial charge in [-0.05, 0) is 48.5 Å². The third-order valence-electron chi connectivity index (χ3n) is 7.07. The number of amides is 4. The Balaban J connectivity index is 0.000000260. The van der Waals surface area contributed by atoms with Gasteiger partial charge in [0, 0.05) is 65.4 Å². The van der Waals surface area contributed by atoms with Crippen LogP contribution in [0.2, 0.25) is 0 Å².